The summed E-state index contributed by atoms with van der Waals surface area (Å²) >= 11 is 0. The third-order valence-corrected chi connectivity index (χ3v) is 3.78. The molecule has 0 aromatic rings. The van der Waals surface area contributed by atoms with Gasteiger partial charge in [0.15, 0.2) is 0 Å². The molecule has 0 aromatic heterocycles. The standard InChI is InChI=1S/C12H21F3N2O/c1-16-11(9-4-5-18-7-9)6-17(10-2-3-10)8-12(13,14)15/h9-11,16H,2-8H2,1H3. The van der Waals surface area contributed by atoms with E-state index in [9.17, 15) is 13.2 Å². The van der Waals surface area contributed by atoms with Crippen LogP contribution in [-0.2, 0) is 4.74 Å². The van der Waals surface area contributed by atoms with Crippen molar-refractivity contribution in [3.05, 3.63) is 0 Å². The number of rotatable bonds is 6. The van der Waals surface area contributed by atoms with Crippen LogP contribution in [0.5, 0.6) is 0 Å². The zero-order valence-corrected chi connectivity index (χ0v) is 10.7. The fourth-order valence-corrected chi connectivity index (χ4v) is 2.61. The highest BCUT2D eigenvalue weighted by Crippen LogP contribution is 2.31. The third-order valence-electron chi connectivity index (χ3n) is 3.78. The van der Waals surface area contributed by atoms with E-state index in [-0.39, 0.29) is 12.1 Å². The van der Waals surface area contributed by atoms with Gasteiger partial charge in [0.2, 0.25) is 0 Å². The molecule has 1 heterocycles. The van der Waals surface area contributed by atoms with E-state index in [1.165, 1.54) is 0 Å². The molecule has 1 aliphatic heterocycles. The molecule has 1 aliphatic carbocycles. The Labute approximate surface area is 106 Å². The Morgan fingerprint density at radius 1 is 1.33 bits per heavy atom. The van der Waals surface area contributed by atoms with Crippen LogP contribution in [0.25, 0.3) is 0 Å². The summed E-state index contributed by atoms with van der Waals surface area (Å²) in [6, 6.07) is 0.222. The molecule has 1 saturated carbocycles. The van der Waals surface area contributed by atoms with Crippen molar-refractivity contribution < 1.29 is 17.9 Å². The van der Waals surface area contributed by atoms with Gasteiger partial charge in [0.25, 0.3) is 0 Å². The first-order chi connectivity index (χ1) is 8.49. The van der Waals surface area contributed by atoms with E-state index in [0.717, 1.165) is 25.9 Å². The molecule has 2 fully saturated rings. The summed E-state index contributed by atoms with van der Waals surface area (Å²) in [5.41, 5.74) is 0. The number of hydrogen-bond donors (Lipinski definition) is 1. The first-order valence-electron chi connectivity index (χ1n) is 6.55. The van der Waals surface area contributed by atoms with Crippen LogP contribution in [-0.4, -0.2) is 56.5 Å². The Hall–Kier alpha value is -0.330. The number of ether oxygens (including phenoxy) is 1. The Kier molecular flexibility index (Phi) is 4.50. The van der Waals surface area contributed by atoms with Crippen molar-refractivity contribution in [2.24, 2.45) is 5.92 Å². The van der Waals surface area contributed by atoms with E-state index >= 15 is 0 Å². The largest absolute Gasteiger partial charge is 0.401 e. The predicted octanol–water partition coefficient (Wildman–Crippen LogP) is 1.64. The number of alkyl halides is 3. The van der Waals surface area contributed by atoms with Crippen LogP contribution in [0.3, 0.4) is 0 Å². The van der Waals surface area contributed by atoms with Gasteiger partial charge in [-0.1, -0.05) is 0 Å². The van der Waals surface area contributed by atoms with Crippen molar-refractivity contribution in [2.45, 2.75) is 37.5 Å². The molecule has 2 unspecified atom stereocenters. The minimum absolute atomic E-state index is 0.0930. The fraction of sp³-hybridized carbons (Fsp3) is 1.00. The lowest BCUT2D eigenvalue weighted by atomic mass is 9.98. The molecule has 2 aliphatic rings. The van der Waals surface area contributed by atoms with Crippen LogP contribution in [0.4, 0.5) is 13.2 Å². The van der Waals surface area contributed by atoms with E-state index in [1.54, 1.807) is 4.90 Å². The monoisotopic (exact) mass is 266 g/mol. The maximum Gasteiger partial charge on any atom is 0.401 e. The molecule has 0 aromatic carbocycles. The van der Waals surface area contributed by atoms with E-state index in [2.05, 4.69) is 5.32 Å². The molecule has 6 heteroatoms. The molecule has 2 atom stereocenters. The van der Waals surface area contributed by atoms with Gasteiger partial charge in [0, 0.05) is 31.2 Å². The zero-order chi connectivity index (χ0) is 13.2. The first-order valence-corrected chi connectivity index (χ1v) is 6.55. The Bertz CT molecular complexity index is 263. The van der Waals surface area contributed by atoms with E-state index in [0.29, 0.717) is 19.1 Å². The highest BCUT2D eigenvalue weighted by Gasteiger charge is 2.39. The molecule has 3 nitrogen and oxygen atoms in total. The van der Waals surface area contributed by atoms with Gasteiger partial charge in [-0.15, -0.1) is 0 Å². The van der Waals surface area contributed by atoms with Crippen molar-refractivity contribution in [1.82, 2.24) is 10.2 Å². The second-order valence-electron chi connectivity index (χ2n) is 5.29. The molecule has 106 valence electrons. The second-order valence-corrected chi connectivity index (χ2v) is 5.29. The molecule has 0 radical (unpaired) electrons. The Morgan fingerprint density at radius 2 is 2.06 bits per heavy atom. The summed E-state index contributed by atoms with van der Waals surface area (Å²) in [4.78, 5) is 1.58. The first kappa shape index (κ1) is 14.1. The van der Waals surface area contributed by atoms with Crippen molar-refractivity contribution in [3.63, 3.8) is 0 Å². The van der Waals surface area contributed by atoms with Gasteiger partial charge in [0.05, 0.1) is 13.2 Å². The number of nitrogens with one attached hydrogen (secondary N) is 1. The highest BCUT2D eigenvalue weighted by molar-refractivity contribution is 4.90. The molecule has 0 amide bonds. The molecule has 1 saturated heterocycles. The lowest BCUT2D eigenvalue weighted by Crippen LogP contribution is -2.48. The van der Waals surface area contributed by atoms with Gasteiger partial charge < -0.3 is 10.1 Å². The third kappa shape index (κ3) is 4.10. The maximum atomic E-state index is 12.5. The van der Waals surface area contributed by atoms with Crippen LogP contribution in [0.1, 0.15) is 19.3 Å². The van der Waals surface area contributed by atoms with Crippen molar-refractivity contribution >= 4 is 0 Å². The van der Waals surface area contributed by atoms with Gasteiger partial charge in [-0.05, 0) is 26.3 Å². The van der Waals surface area contributed by atoms with Gasteiger partial charge in [-0.3, -0.25) is 4.90 Å². The Morgan fingerprint density at radius 3 is 2.50 bits per heavy atom. The summed E-state index contributed by atoms with van der Waals surface area (Å²) < 4.78 is 42.9. The zero-order valence-electron chi connectivity index (χ0n) is 10.7. The number of nitrogens with zero attached hydrogens (tertiary/aromatic N) is 1. The average Bonchev–Trinajstić information content (AvgIpc) is 2.99. The average molecular weight is 266 g/mol. The molecular formula is C12H21F3N2O. The lowest BCUT2D eigenvalue weighted by molar-refractivity contribution is -0.148. The van der Waals surface area contributed by atoms with E-state index in [4.69, 9.17) is 4.74 Å². The van der Waals surface area contributed by atoms with Gasteiger partial charge in [-0.2, -0.15) is 13.2 Å². The maximum absolute atomic E-state index is 12.5. The number of likely N-dealkylation sites (N-methyl/N-ethyl adjacent to an activating group) is 1. The molecular weight excluding hydrogens is 245 g/mol. The van der Waals surface area contributed by atoms with Crippen LogP contribution in [0.15, 0.2) is 0 Å². The molecule has 0 spiro atoms. The summed E-state index contributed by atoms with van der Waals surface area (Å²) in [7, 11) is 1.82. The molecule has 0 bridgehead atoms. The smallest absolute Gasteiger partial charge is 0.381 e. The summed E-state index contributed by atoms with van der Waals surface area (Å²) in [6.45, 7) is 1.07. The summed E-state index contributed by atoms with van der Waals surface area (Å²) in [6.07, 6.45) is -1.37. The van der Waals surface area contributed by atoms with Crippen LogP contribution in [0, 0.1) is 5.92 Å². The van der Waals surface area contributed by atoms with E-state index in [1.807, 2.05) is 7.05 Å². The molecule has 18 heavy (non-hydrogen) atoms. The van der Waals surface area contributed by atoms with Gasteiger partial charge in [-0.25, -0.2) is 0 Å². The minimum atomic E-state index is -4.10. The van der Waals surface area contributed by atoms with Crippen LogP contribution >= 0.6 is 0 Å². The van der Waals surface area contributed by atoms with Crippen molar-refractivity contribution in [2.75, 3.05) is 33.4 Å². The van der Waals surface area contributed by atoms with Gasteiger partial charge in [0.1, 0.15) is 0 Å². The number of halogens is 3. The second kappa shape index (κ2) is 5.75. The molecule has 2 rings (SSSR count). The lowest BCUT2D eigenvalue weighted by Gasteiger charge is -2.30. The highest BCUT2D eigenvalue weighted by atomic mass is 19.4. The normalized spacial score (nSPS) is 26.8. The molecule has 1 N–H and O–H groups in total. The SMILES string of the molecule is CNC(CN(CC(F)(F)F)C1CC1)C1CCOC1. The fourth-order valence-electron chi connectivity index (χ4n) is 2.61. The quantitative estimate of drug-likeness (QED) is 0.791. The van der Waals surface area contributed by atoms with Crippen molar-refractivity contribution in [3.8, 4) is 0 Å². The van der Waals surface area contributed by atoms with Crippen molar-refractivity contribution in [1.29, 1.82) is 0 Å². The van der Waals surface area contributed by atoms with Crippen LogP contribution in [0.2, 0.25) is 0 Å². The Balaban J connectivity index is 1.89. The topological polar surface area (TPSA) is 24.5 Å². The number of hydrogen-bond acceptors (Lipinski definition) is 3. The van der Waals surface area contributed by atoms with Gasteiger partial charge >= 0.3 is 6.18 Å². The van der Waals surface area contributed by atoms with E-state index < -0.39 is 12.7 Å². The van der Waals surface area contributed by atoms with Crippen LogP contribution < -0.4 is 5.32 Å². The minimum Gasteiger partial charge on any atom is -0.381 e. The summed E-state index contributed by atoms with van der Waals surface area (Å²) in [5, 5.41) is 3.15. The predicted molar refractivity (Wildman–Crippen MR) is 62.4 cm³/mol. The summed E-state index contributed by atoms with van der Waals surface area (Å²) in [5.74, 6) is 0.337.